The third-order valence-electron chi connectivity index (χ3n) is 7.46. The number of methoxy groups -OCH3 is 1. The highest BCUT2D eigenvalue weighted by molar-refractivity contribution is 8.03. The van der Waals surface area contributed by atoms with Gasteiger partial charge >= 0.3 is 0 Å². The van der Waals surface area contributed by atoms with Crippen molar-refractivity contribution in [2.45, 2.75) is 58.4 Å². The van der Waals surface area contributed by atoms with Crippen molar-refractivity contribution in [3.8, 4) is 0 Å². The molecule has 0 fully saturated rings. The van der Waals surface area contributed by atoms with Gasteiger partial charge in [-0.3, -0.25) is 14.7 Å². The molecule has 0 saturated heterocycles. The summed E-state index contributed by atoms with van der Waals surface area (Å²) in [5.74, 6) is 1.68. The molecule has 1 aromatic heterocycles. The fourth-order valence-corrected chi connectivity index (χ4v) is 5.97. The lowest BCUT2D eigenvalue weighted by molar-refractivity contribution is -0.125. The molecule has 3 rings (SSSR count). The molecule has 43 heavy (non-hydrogen) atoms. The monoisotopic (exact) mass is 608 g/mol. The van der Waals surface area contributed by atoms with Crippen molar-refractivity contribution in [1.82, 2.24) is 19.8 Å². The van der Waals surface area contributed by atoms with Crippen molar-refractivity contribution >= 4 is 29.2 Å². The summed E-state index contributed by atoms with van der Waals surface area (Å²) in [7, 11) is 3.48. The number of carbonyl (C=O) groups is 1. The number of anilines is 1. The molecular formula is C33H48N6O3S. The van der Waals surface area contributed by atoms with Crippen LogP contribution in [0.2, 0.25) is 0 Å². The summed E-state index contributed by atoms with van der Waals surface area (Å²) in [5.41, 5.74) is 5.17. The van der Waals surface area contributed by atoms with E-state index in [2.05, 4.69) is 58.6 Å². The molecule has 0 radical (unpaired) electrons. The fourth-order valence-electron chi connectivity index (χ4n) is 4.80. The molecule has 1 N–H and O–H groups in total. The Morgan fingerprint density at radius 2 is 2.12 bits per heavy atom. The third-order valence-corrected chi connectivity index (χ3v) is 8.66. The highest BCUT2D eigenvalue weighted by Gasteiger charge is 2.29. The molecule has 3 heterocycles. The van der Waals surface area contributed by atoms with Crippen molar-refractivity contribution in [2.75, 3.05) is 65.4 Å². The number of carbonyl (C=O) groups excluding carboxylic acids is 1. The van der Waals surface area contributed by atoms with Gasteiger partial charge in [-0.05, 0) is 50.5 Å². The molecule has 0 spiro atoms. The van der Waals surface area contributed by atoms with Gasteiger partial charge in [0.1, 0.15) is 29.5 Å². The van der Waals surface area contributed by atoms with Gasteiger partial charge in [0.05, 0.1) is 13.2 Å². The number of nitrogens with zero attached hydrogens (tertiary/aromatic N) is 5. The van der Waals surface area contributed by atoms with Crippen LogP contribution >= 0.6 is 11.8 Å². The van der Waals surface area contributed by atoms with Crippen molar-refractivity contribution < 1.29 is 14.3 Å². The molecule has 0 saturated carbocycles. The largest absolute Gasteiger partial charge is 0.488 e. The maximum Gasteiger partial charge on any atom is 0.246 e. The summed E-state index contributed by atoms with van der Waals surface area (Å²) in [6.45, 7) is 17.5. The number of fused-ring (bicyclic) bond motifs is 1. The van der Waals surface area contributed by atoms with E-state index in [0.717, 1.165) is 84.5 Å². The highest BCUT2D eigenvalue weighted by atomic mass is 32.2. The number of hydrogen-bond donors (Lipinski definition) is 1. The number of nitrogens with one attached hydrogen (secondary N) is 1. The SMILES string of the molecule is C=C(/C=C(CC)\C(=C/CC)OCC(C)=NC)Nc1ncnc2c1CC1=C(CN(C(=O)/C=C/CN(CC)CCOC)CC1)S2. The predicted molar refractivity (Wildman–Crippen MR) is 177 cm³/mol. The van der Waals surface area contributed by atoms with Gasteiger partial charge in [0.15, 0.2) is 0 Å². The number of allylic oxidation sites excluding steroid dienone is 3. The second-order valence-electron chi connectivity index (χ2n) is 10.5. The summed E-state index contributed by atoms with van der Waals surface area (Å²) < 4.78 is 11.3. The van der Waals surface area contributed by atoms with Crippen molar-refractivity contribution in [2.24, 2.45) is 4.99 Å². The molecule has 2 aliphatic rings. The van der Waals surface area contributed by atoms with Crippen LogP contribution in [-0.4, -0.2) is 91.5 Å². The number of thioether (sulfide) groups is 1. The van der Waals surface area contributed by atoms with Crippen molar-refractivity contribution in [3.63, 3.8) is 0 Å². The average Bonchev–Trinajstić information content (AvgIpc) is 3.02. The van der Waals surface area contributed by atoms with Gasteiger partial charge in [-0.1, -0.05) is 50.8 Å². The number of hydrogen-bond acceptors (Lipinski definition) is 9. The average molecular weight is 609 g/mol. The molecule has 2 aliphatic heterocycles. The van der Waals surface area contributed by atoms with Crippen molar-refractivity contribution in [3.05, 3.63) is 70.3 Å². The Morgan fingerprint density at radius 3 is 2.81 bits per heavy atom. The van der Waals surface area contributed by atoms with Crippen LogP contribution in [0.3, 0.4) is 0 Å². The number of ether oxygens (including phenoxy) is 2. The van der Waals surface area contributed by atoms with Gasteiger partial charge in [0.25, 0.3) is 0 Å². The standard InChI is InChI=1S/C33H48N6O3S/c1-8-12-29(42-22-25(5)34-6)26(9-2)19-24(4)37-32-28-20-27-14-16-39(21-30(27)43-33(28)36-23-35-32)31(40)13-11-15-38(10-3)17-18-41-7/h11-13,19,23H,4,8-10,14-18,20-22H2,1-3,5-7H3,(H,35,36,37)/b13-11+,26-19-,29-12+,34-25?. The predicted octanol–water partition coefficient (Wildman–Crippen LogP) is 5.80. The zero-order valence-corrected chi connectivity index (χ0v) is 27.6. The minimum absolute atomic E-state index is 0.0539. The van der Waals surface area contributed by atoms with E-state index in [1.165, 1.54) is 10.5 Å². The Bertz CT molecular complexity index is 1280. The minimum Gasteiger partial charge on any atom is -0.488 e. The molecular weight excluding hydrogens is 560 g/mol. The van der Waals surface area contributed by atoms with Gasteiger partial charge in [0.2, 0.25) is 5.91 Å². The number of rotatable bonds is 16. The molecule has 1 amide bonds. The Balaban J connectivity index is 1.66. The topological polar surface area (TPSA) is 92.2 Å². The number of amides is 1. The first-order chi connectivity index (χ1) is 20.8. The summed E-state index contributed by atoms with van der Waals surface area (Å²) in [6, 6.07) is 0. The van der Waals surface area contributed by atoms with Gasteiger partial charge in [-0.2, -0.15) is 0 Å². The lowest BCUT2D eigenvalue weighted by Gasteiger charge is -2.33. The zero-order valence-electron chi connectivity index (χ0n) is 26.7. The Kier molecular flexibility index (Phi) is 14.2. The number of likely N-dealkylation sites (N-methyl/N-ethyl adjacent to an activating group) is 1. The fraction of sp³-hybridized carbons (Fsp3) is 0.515. The van der Waals surface area contributed by atoms with Crippen LogP contribution in [0.4, 0.5) is 5.82 Å². The van der Waals surface area contributed by atoms with E-state index in [0.29, 0.717) is 26.3 Å². The van der Waals surface area contributed by atoms with E-state index >= 15 is 0 Å². The molecule has 9 nitrogen and oxygen atoms in total. The van der Waals surface area contributed by atoms with Gasteiger partial charge in [0, 0.05) is 68.2 Å². The molecule has 0 unspecified atom stereocenters. The molecule has 0 aliphatic carbocycles. The lowest BCUT2D eigenvalue weighted by atomic mass is 9.99. The van der Waals surface area contributed by atoms with E-state index in [-0.39, 0.29) is 5.91 Å². The van der Waals surface area contributed by atoms with E-state index in [1.807, 2.05) is 24.0 Å². The number of aromatic nitrogens is 2. The van der Waals surface area contributed by atoms with Crippen LogP contribution in [0.5, 0.6) is 0 Å². The van der Waals surface area contributed by atoms with Crippen LogP contribution in [0.1, 0.15) is 52.5 Å². The summed E-state index contributed by atoms with van der Waals surface area (Å²) in [6.07, 6.45) is 12.7. The maximum atomic E-state index is 13.0. The van der Waals surface area contributed by atoms with E-state index < -0.39 is 0 Å². The molecule has 10 heteroatoms. The normalized spacial score (nSPS) is 16.1. The molecule has 0 atom stereocenters. The molecule has 234 valence electrons. The quantitative estimate of drug-likeness (QED) is 0.0828. The smallest absolute Gasteiger partial charge is 0.246 e. The van der Waals surface area contributed by atoms with Crippen LogP contribution < -0.4 is 5.32 Å². The molecule has 1 aromatic rings. The summed E-state index contributed by atoms with van der Waals surface area (Å²) >= 11 is 1.65. The Labute approximate surface area is 261 Å². The first kappa shape index (κ1) is 34.3. The van der Waals surface area contributed by atoms with Crippen molar-refractivity contribution in [1.29, 1.82) is 0 Å². The second kappa shape index (κ2) is 17.8. The Hall–Kier alpha value is -3.21. The van der Waals surface area contributed by atoms with E-state index in [9.17, 15) is 4.79 Å². The van der Waals surface area contributed by atoms with Crippen LogP contribution in [-0.2, 0) is 20.7 Å². The van der Waals surface area contributed by atoms with E-state index in [1.54, 1.807) is 38.3 Å². The van der Waals surface area contributed by atoms with Gasteiger partial charge < -0.3 is 19.7 Å². The third kappa shape index (κ3) is 10.2. The van der Waals surface area contributed by atoms with Crippen LogP contribution in [0.15, 0.2) is 74.7 Å². The van der Waals surface area contributed by atoms with Crippen LogP contribution in [0, 0.1) is 0 Å². The Morgan fingerprint density at radius 1 is 1.30 bits per heavy atom. The summed E-state index contributed by atoms with van der Waals surface area (Å²) in [4.78, 5) is 31.7. The summed E-state index contributed by atoms with van der Waals surface area (Å²) in [5, 5.41) is 4.36. The first-order valence-electron chi connectivity index (χ1n) is 15.1. The number of aliphatic imine (C=N–C) groups is 1. The maximum absolute atomic E-state index is 13.0. The zero-order chi connectivity index (χ0) is 31.2. The molecule has 0 aromatic carbocycles. The molecule has 0 bridgehead atoms. The van der Waals surface area contributed by atoms with Crippen LogP contribution in [0.25, 0.3) is 0 Å². The highest BCUT2D eigenvalue weighted by Crippen LogP contribution is 2.42. The minimum atomic E-state index is 0.0539. The second-order valence-corrected chi connectivity index (χ2v) is 11.6. The first-order valence-corrected chi connectivity index (χ1v) is 16.0. The van der Waals surface area contributed by atoms with E-state index in [4.69, 9.17) is 9.47 Å². The lowest BCUT2D eigenvalue weighted by Crippen LogP contribution is -2.36. The van der Waals surface area contributed by atoms with Gasteiger partial charge in [-0.15, -0.1) is 0 Å². The van der Waals surface area contributed by atoms with Gasteiger partial charge in [-0.25, -0.2) is 9.97 Å².